The normalized spacial score (nSPS) is 20.9. The van der Waals surface area contributed by atoms with Gasteiger partial charge in [0.1, 0.15) is 18.5 Å². The van der Waals surface area contributed by atoms with Gasteiger partial charge in [0.15, 0.2) is 0 Å². The molecule has 0 aliphatic carbocycles. The Bertz CT molecular complexity index is 638. The first-order chi connectivity index (χ1) is 14.6. The van der Waals surface area contributed by atoms with Gasteiger partial charge >= 0.3 is 5.97 Å². The summed E-state index contributed by atoms with van der Waals surface area (Å²) < 4.78 is 10.7. The maximum atomic E-state index is 11.6. The molecule has 2 saturated heterocycles. The summed E-state index contributed by atoms with van der Waals surface area (Å²) in [6.07, 6.45) is 7.69. The summed E-state index contributed by atoms with van der Waals surface area (Å²) in [6, 6.07) is 8.27. The molecule has 0 spiro atoms. The number of carbonyl (C=O) groups is 1. The predicted molar refractivity (Wildman–Crippen MR) is 117 cm³/mol. The van der Waals surface area contributed by atoms with Crippen LogP contribution in [0.3, 0.4) is 0 Å². The lowest BCUT2D eigenvalue weighted by atomic mass is 9.97. The molecule has 1 atom stereocenters. The van der Waals surface area contributed by atoms with E-state index in [-0.39, 0.29) is 18.5 Å². The lowest BCUT2D eigenvalue weighted by molar-refractivity contribution is -0.147. The second-order valence-corrected chi connectivity index (χ2v) is 8.75. The number of piperidine rings is 1. The largest absolute Gasteiger partial charge is 0.491 e. The molecule has 1 aromatic carbocycles. The monoisotopic (exact) mass is 418 g/mol. The lowest BCUT2D eigenvalue weighted by Gasteiger charge is -2.31. The Morgan fingerprint density at radius 3 is 2.47 bits per heavy atom. The van der Waals surface area contributed by atoms with Crippen molar-refractivity contribution >= 4 is 5.97 Å². The van der Waals surface area contributed by atoms with Gasteiger partial charge in [0.05, 0.1) is 13.0 Å². The molecule has 0 amide bonds. The molecule has 0 radical (unpaired) electrons. The minimum absolute atomic E-state index is 0.00374. The highest BCUT2D eigenvalue weighted by molar-refractivity contribution is 5.72. The fourth-order valence-corrected chi connectivity index (χ4v) is 4.52. The molecule has 0 bridgehead atoms. The van der Waals surface area contributed by atoms with Gasteiger partial charge in [0, 0.05) is 13.1 Å². The van der Waals surface area contributed by atoms with Crippen LogP contribution in [-0.2, 0) is 16.1 Å². The number of β-amino-alcohol motifs (C(OH)–C–C–N with tert-alkyl or cyclic N) is 1. The number of nitrogens with zero attached hydrogens (tertiary/aromatic N) is 2. The van der Waals surface area contributed by atoms with Crippen LogP contribution in [0, 0.1) is 5.92 Å². The molecule has 0 aromatic heterocycles. The second kappa shape index (κ2) is 12.3. The highest BCUT2D eigenvalue weighted by atomic mass is 16.5. The summed E-state index contributed by atoms with van der Waals surface area (Å²) in [4.78, 5) is 16.4. The van der Waals surface area contributed by atoms with Gasteiger partial charge in [-0.3, -0.25) is 9.69 Å². The molecular weight excluding hydrogens is 380 g/mol. The third-order valence-electron chi connectivity index (χ3n) is 6.29. The minimum Gasteiger partial charge on any atom is -0.491 e. The van der Waals surface area contributed by atoms with Gasteiger partial charge < -0.3 is 19.5 Å². The summed E-state index contributed by atoms with van der Waals surface area (Å²) in [5, 5.41) is 10.4. The van der Waals surface area contributed by atoms with Crippen LogP contribution in [0.15, 0.2) is 24.3 Å². The van der Waals surface area contributed by atoms with E-state index in [9.17, 15) is 9.90 Å². The zero-order valence-electron chi connectivity index (χ0n) is 18.4. The molecule has 30 heavy (non-hydrogen) atoms. The standard InChI is InChI=1S/C24H38N2O4/c1-29-24(28)21-10-14-26(15-11-21)18-22(27)19-30-23-9-7-8-20(16-23)17-25-12-5-3-2-4-6-13-25/h7-9,16,21-22,27H,2-6,10-15,17-19H2,1H3. The molecule has 2 fully saturated rings. The zero-order chi connectivity index (χ0) is 21.2. The van der Waals surface area contributed by atoms with Crippen molar-refractivity contribution in [2.24, 2.45) is 5.92 Å². The Labute approximate surface area is 181 Å². The van der Waals surface area contributed by atoms with E-state index in [0.717, 1.165) is 38.2 Å². The van der Waals surface area contributed by atoms with Crippen LogP contribution in [0.5, 0.6) is 5.75 Å². The first-order valence-electron chi connectivity index (χ1n) is 11.6. The Hall–Kier alpha value is -1.63. The van der Waals surface area contributed by atoms with E-state index in [4.69, 9.17) is 9.47 Å². The molecule has 0 saturated carbocycles. The number of hydrogen-bond donors (Lipinski definition) is 1. The first kappa shape index (κ1) is 23.0. The average molecular weight is 419 g/mol. The second-order valence-electron chi connectivity index (χ2n) is 8.75. The maximum absolute atomic E-state index is 11.6. The van der Waals surface area contributed by atoms with E-state index in [1.54, 1.807) is 0 Å². The van der Waals surface area contributed by atoms with Crippen molar-refractivity contribution < 1.29 is 19.4 Å². The molecule has 1 N–H and O–H groups in total. The van der Waals surface area contributed by atoms with Crippen molar-refractivity contribution in [2.45, 2.75) is 57.6 Å². The predicted octanol–water partition coefficient (Wildman–Crippen LogP) is 3.08. The number of esters is 1. The number of carbonyl (C=O) groups excluding carboxylic acids is 1. The zero-order valence-corrected chi connectivity index (χ0v) is 18.4. The molecular formula is C24H38N2O4. The summed E-state index contributed by atoms with van der Waals surface area (Å²) in [5.41, 5.74) is 1.27. The van der Waals surface area contributed by atoms with Crippen molar-refractivity contribution in [1.82, 2.24) is 9.80 Å². The van der Waals surface area contributed by atoms with E-state index < -0.39 is 6.10 Å². The van der Waals surface area contributed by atoms with Gasteiger partial charge in [-0.05, 0) is 69.6 Å². The van der Waals surface area contributed by atoms with Gasteiger partial charge in [0.2, 0.25) is 0 Å². The SMILES string of the molecule is COC(=O)C1CCN(CC(O)COc2cccc(CN3CCCCCCC3)c2)CC1. The van der Waals surface area contributed by atoms with Crippen molar-refractivity contribution in [3.63, 3.8) is 0 Å². The van der Waals surface area contributed by atoms with Crippen LogP contribution >= 0.6 is 0 Å². The number of ether oxygens (including phenoxy) is 2. The Balaban J connectivity index is 1.40. The molecule has 2 aliphatic rings. The number of likely N-dealkylation sites (tertiary alicyclic amines) is 2. The molecule has 1 aromatic rings. The van der Waals surface area contributed by atoms with E-state index in [2.05, 4.69) is 21.9 Å². The number of aliphatic hydroxyl groups excluding tert-OH is 1. The van der Waals surface area contributed by atoms with Gasteiger partial charge in [-0.1, -0.05) is 31.4 Å². The summed E-state index contributed by atoms with van der Waals surface area (Å²) in [7, 11) is 1.44. The Morgan fingerprint density at radius 2 is 1.77 bits per heavy atom. The quantitative estimate of drug-likeness (QED) is 0.655. The van der Waals surface area contributed by atoms with E-state index in [0.29, 0.717) is 6.54 Å². The van der Waals surface area contributed by atoms with Crippen LogP contribution in [0.4, 0.5) is 0 Å². The summed E-state index contributed by atoms with van der Waals surface area (Å²) in [5.74, 6) is 0.702. The van der Waals surface area contributed by atoms with Gasteiger partial charge in [-0.15, -0.1) is 0 Å². The molecule has 2 aliphatic heterocycles. The van der Waals surface area contributed by atoms with Gasteiger partial charge in [-0.2, -0.15) is 0 Å². The van der Waals surface area contributed by atoms with Gasteiger partial charge in [-0.25, -0.2) is 0 Å². The molecule has 3 rings (SSSR count). The van der Waals surface area contributed by atoms with Gasteiger partial charge in [0.25, 0.3) is 0 Å². The number of benzene rings is 1. The highest BCUT2D eigenvalue weighted by Gasteiger charge is 2.26. The summed E-state index contributed by atoms with van der Waals surface area (Å²) >= 11 is 0. The number of methoxy groups -OCH3 is 1. The Morgan fingerprint density at radius 1 is 1.07 bits per heavy atom. The van der Waals surface area contributed by atoms with Crippen LogP contribution in [0.25, 0.3) is 0 Å². The number of rotatable bonds is 8. The van der Waals surface area contributed by atoms with E-state index in [1.807, 2.05) is 12.1 Å². The van der Waals surface area contributed by atoms with Crippen LogP contribution in [-0.4, -0.2) is 73.4 Å². The van der Waals surface area contributed by atoms with Crippen molar-refractivity contribution in [3.8, 4) is 5.75 Å². The highest BCUT2D eigenvalue weighted by Crippen LogP contribution is 2.20. The number of aliphatic hydroxyl groups is 1. The molecule has 168 valence electrons. The smallest absolute Gasteiger partial charge is 0.308 e. The van der Waals surface area contributed by atoms with Crippen LogP contribution < -0.4 is 4.74 Å². The Kier molecular flexibility index (Phi) is 9.43. The van der Waals surface area contributed by atoms with E-state index >= 15 is 0 Å². The topological polar surface area (TPSA) is 62.2 Å². The van der Waals surface area contributed by atoms with E-state index in [1.165, 1.54) is 57.9 Å². The maximum Gasteiger partial charge on any atom is 0.308 e. The fourth-order valence-electron chi connectivity index (χ4n) is 4.52. The lowest BCUT2D eigenvalue weighted by Crippen LogP contribution is -2.42. The van der Waals surface area contributed by atoms with Crippen molar-refractivity contribution in [3.05, 3.63) is 29.8 Å². The minimum atomic E-state index is -0.544. The van der Waals surface area contributed by atoms with Crippen molar-refractivity contribution in [2.75, 3.05) is 46.4 Å². The molecule has 6 heteroatoms. The molecule has 6 nitrogen and oxygen atoms in total. The summed E-state index contributed by atoms with van der Waals surface area (Å²) in [6.45, 7) is 5.79. The fraction of sp³-hybridized carbons (Fsp3) is 0.708. The number of hydrogen-bond acceptors (Lipinski definition) is 6. The van der Waals surface area contributed by atoms with Crippen molar-refractivity contribution in [1.29, 1.82) is 0 Å². The molecule has 2 heterocycles. The molecule has 1 unspecified atom stereocenters. The first-order valence-corrected chi connectivity index (χ1v) is 11.6. The third-order valence-corrected chi connectivity index (χ3v) is 6.29. The van der Waals surface area contributed by atoms with Crippen LogP contribution in [0.1, 0.15) is 50.5 Å². The average Bonchev–Trinajstić information content (AvgIpc) is 2.74. The third kappa shape index (κ3) is 7.56. The van der Waals surface area contributed by atoms with Crippen LogP contribution in [0.2, 0.25) is 0 Å².